The summed E-state index contributed by atoms with van der Waals surface area (Å²) >= 11 is 1.71. The van der Waals surface area contributed by atoms with Crippen LogP contribution < -0.4 is 0 Å². The summed E-state index contributed by atoms with van der Waals surface area (Å²) in [4.78, 5) is 20.1. The summed E-state index contributed by atoms with van der Waals surface area (Å²) in [6, 6.07) is 17.2. The van der Waals surface area contributed by atoms with Crippen molar-refractivity contribution in [2.24, 2.45) is 0 Å². The molecule has 7 heteroatoms. The minimum absolute atomic E-state index is 0.153. The Hall–Kier alpha value is -2.61. The first-order valence-electron chi connectivity index (χ1n) is 9.85. The van der Waals surface area contributed by atoms with E-state index in [0.29, 0.717) is 0 Å². The zero-order valence-corrected chi connectivity index (χ0v) is 17.1. The van der Waals surface area contributed by atoms with Crippen LogP contribution in [0.4, 0.5) is 5.69 Å². The van der Waals surface area contributed by atoms with Crippen molar-refractivity contribution in [1.82, 2.24) is 14.8 Å². The van der Waals surface area contributed by atoms with Crippen molar-refractivity contribution >= 4 is 17.0 Å². The molecule has 1 aliphatic rings. The number of non-ortho nitro benzene ring substituents is 1. The van der Waals surface area contributed by atoms with Gasteiger partial charge in [-0.05, 0) is 12.0 Å². The van der Waals surface area contributed by atoms with Crippen LogP contribution in [0.15, 0.2) is 60.0 Å². The Labute approximate surface area is 174 Å². The highest BCUT2D eigenvalue weighted by atomic mass is 32.1. The van der Waals surface area contributed by atoms with Crippen molar-refractivity contribution < 1.29 is 4.92 Å². The quantitative estimate of drug-likeness (QED) is 0.435. The van der Waals surface area contributed by atoms with Crippen LogP contribution in [0.3, 0.4) is 0 Å². The van der Waals surface area contributed by atoms with Crippen LogP contribution in [-0.2, 0) is 13.0 Å². The minimum Gasteiger partial charge on any atom is -0.300 e. The molecule has 0 saturated carbocycles. The topological polar surface area (TPSA) is 62.5 Å². The van der Waals surface area contributed by atoms with E-state index in [4.69, 9.17) is 4.98 Å². The highest BCUT2D eigenvalue weighted by molar-refractivity contribution is 7.13. The van der Waals surface area contributed by atoms with Gasteiger partial charge < -0.3 is 4.90 Å². The molecule has 0 amide bonds. The maximum absolute atomic E-state index is 10.7. The van der Waals surface area contributed by atoms with Gasteiger partial charge in [0.15, 0.2) is 0 Å². The second kappa shape index (κ2) is 9.26. The van der Waals surface area contributed by atoms with E-state index in [-0.39, 0.29) is 10.6 Å². The van der Waals surface area contributed by atoms with Crippen LogP contribution in [-0.4, -0.2) is 52.4 Å². The lowest BCUT2D eigenvalue weighted by Gasteiger charge is -2.34. The molecule has 0 radical (unpaired) electrons. The molecule has 2 heterocycles. The number of hydrogen-bond acceptors (Lipinski definition) is 6. The first-order chi connectivity index (χ1) is 14.2. The molecule has 0 spiro atoms. The summed E-state index contributed by atoms with van der Waals surface area (Å²) in [5.41, 5.74) is 3.63. The summed E-state index contributed by atoms with van der Waals surface area (Å²) in [7, 11) is 0. The Kier molecular flexibility index (Phi) is 6.29. The Balaban J connectivity index is 1.22. The van der Waals surface area contributed by atoms with E-state index in [2.05, 4.69) is 27.3 Å². The van der Waals surface area contributed by atoms with Gasteiger partial charge in [-0.3, -0.25) is 15.0 Å². The first kappa shape index (κ1) is 19.7. The molecule has 0 aliphatic carbocycles. The second-order valence-electron chi connectivity index (χ2n) is 7.30. The number of hydrogen-bond donors (Lipinski definition) is 0. The van der Waals surface area contributed by atoms with Crippen LogP contribution >= 0.6 is 11.3 Å². The molecule has 0 atom stereocenters. The average Bonchev–Trinajstić information content (AvgIpc) is 3.23. The summed E-state index contributed by atoms with van der Waals surface area (Å²) in [5.74, 6) is 0. The number of nitrogens with zero attached hydrogens (tertiary/aromatic N) is 4. The van der Waals surface area contributed by atoms with Crippen molar-refractivity contribution in [2.75, 3.05) is 32.7 Å². The molecule has 0 N–H and O–H groups in total. The van der Waals surface area contributed by atoms with Crippen molar-refractivity contribution in [3.8, 4) is 10.6 Å². The minimum atomic E-state index is -0.353. The molecular weight excluding hydrogens is 384 g/mol. The van der Waals surface area contributed by atoms with E-state index >= 15 is 0 Å². The van der Waals surface area contributed by atoms with Gasteiger partial charge in [-0.15, -0.1) is 11.3 Å². The molecule has 1 fully saturated rings. The molecule has 0 unspecified atom stereocenters. The first-order valence-corrected chi connectivity index (χ1v) is 10.7. The van der Waals surface area contributed by atoms with E-state index in [1.165, 1.54) is 5.56 Å². The number of aromatic nitrogens is 1. The molecule has 150 valence electrons. The highest BCUT2D eigenvalue weighted by Gasteiger charge is 2.18. The zero-order chi connectivity index (χ0) is 20.1. The lowest BCUT2D eigenvalue weighted by molar-refractivity contribution is -0.384. The predicted molar refractivity (Wildman–Crippen MR) is 116 cm³/mol. The van der Waals surface area contributed by atoms with Gasteiger partial charge in [0.25, 0.3) is 5.69 Å². The maximum atomic E-state index is 10.7. The van der Waals surface area contributed by atoms with Gasteiger partial charge in [0.05, 0.1) is 10.6 Å². The van der Waals surface area contributed by atoms with Gasteiger partial charge in [0, 0.05) is 62.3 Å². The SMILES string of the molecule is O=[N+]([O-])c1ccc(CCN2CCN(Cc3csc(-c4ccccc4)n3)CC2)cc1. The fourth-order valence-corrected chi connectivity index (χ4v) is 4.38. The van der Waals surface area contributed by atoms with Crippen LogP contribution in [0.1, 0.15) is 11.3 Å². The molecule has 6 nitrogen and oxygen atoms in total. The van der Waals surface area contributed by atoms with Gasteiger partial charge in [-0.1, -0.05) is 42.5 Å². The third-order valence-electron chi connectivity index (χ3n) is 5.29. The van der Waals surface area contributed by atoms with Gasteiger partial charge >= 0.3 is 0 Å². The fraction of sp³-hybridized carbons (Fsp3) is 0.318. The Morgan fingerprint density at radius 3 is 2.34 bits per heavy atom. The summed E-state index contributed by atoms with van der Waals surface area (Å²) in [6.45, 7) is 6.06. The second-order valence-corrected chi connectivity index (χ2v) is 8.16. The molecule has 1 aliphatic heterocycles. The third-order valence-corrected chi connectivity index (χ3v) is 6.23. The molecule has 1 saturated heterocycles. The van der Waals surface area contributed by atoms with Gasteiger partial charge in [-0.25, -0.2) is 4.98 Å². The number of thiazole rings is 1. The molecule has 1 aromatic heterocycles. The smallest absolute Gasteiger partial charge is 0.269 e. The van der Waals surface area contributed by atoms with Gasteiger partial charge in [-0.2, -0.15) is 0 Å². The summed E-state index contributed by atoms with van der Waals surface area (Å²) < 4.78 is 0. The number of rotatable bonds is 7. The van der Waals surface area contributed by atoms with E-state index in [1.54, 1.807) is 23.5 Å². The number of nitro benzene ring substituents is 1. The molecule has 29 heavy (non-hydrogen) atoms. The van der Waals surface area contributed by atoms with Crippen molar-refractivity contribution in [2.45, 2.75) is 13.0 Å². The van der Waals surface area contributed by atoms with E-state index in [1.807, 2.05) is 30.3 Å². The molecule has 3 aromatic rings. The van der Waals surface area contributed by atoms with E-state index in [0.717, 1.165) is 62.0 Å². The third kappa shape index (κ3) is 5.26. The van der Waals surface area contributed by atoms with E-state index in [9.17, 15) is 10.1 Å². The van der Waals surface area contributed by atoms with Crippen LogP contribution in [0.5, 0.6) is 0 Å². The lowest BCUT2D eigenvalue weighted by atomic mass is 10.1. The highest BCUT2D eigenvalue weighted by Crippen LogP contribution is 2.24. The Bertz CT molecular complexity index is 935. The number of benzene rings is 2. The molecule has 2 aromatic carbocycles. The number of nitro groups is 1. The van der Waals surface area contributed by atoms with Crippen LogP contribution in [0.2, 0.25) is 0 Å². The van der Waals surface area contributed by atoms with Crippen molar-refractivity contribution in [1.29, 1.82) is 0 Å². The van der Waals surface area contributed by atoms with Crippen LogP contribution in [0.25, 0.3) is 10.6 Å². The normalized spacial score (nSPS) is 15.4. The fourth-order valence-electron chi connectivity index (χ4n) is 3.56. The lowest BCUT2D eigenvalue weighted by Crippen LogP contribution is -2.46. The van der Waals surface area contributed by atoms with E-state index < -0.39 is 0 Å². The maximum Gasteiger partial charge on any atom is 0.269 e. The summed E-state index contributed by atoms with van der Waals surface area (Å²) in [6.07, 6.45) is 0.921. The van der Waals surface area contributed by atoms with Crippen molar-refractivity contribution in [3.05, 3.63) is 81.3 Å². The molecule has 4 rings (SSSR count). The van der Waals surface area contributed by atoms with Gasteiger partial charge in [0.1, 0.15) is 5.01 Å². The monoisotopic (exact) mass is 408 g/mol. The Morgan fingerprint density at radius 1 is 0.966 bits per heavy atom. The zero-order valence-electron chi connectivity index (χ0n) is 16.2. The average molecular weight is 409 g/mol. The number of piperazine rings is 1. The van der Waals surface area contributed by atoms with Gasteiger partial charge in [0.2, 0.25) is 0 Å². The van der Waals surface area contributed by atoms with Crippen molar-refractivity contribution in [3.63, 3.8) is 0 Å². The molecular formula is C22H24N4O2S. The largest absolute Gasteiger partial charge is 0.300 e. The Morgan fingerprint density at radius 2 is 1.66 bits per heavy atom. The summed E-state index contributed by atoms with van der Waals surface area (Å²) in [5, 5.41) is 14.0. The standard InChI is InChI=1S/C22H24N4O2S/c27-26(28)21-8-6-18(7-9-21)10-11-24-12-14-25(15-13-24)16-20-17-29-22(23-20)19-4-2-1-3-5-19/h1-9,17H,10-16H2. The molecule has 0 bridgehead atoms. The predicted octanol–water partition coefficient (Wildman–Crippen LogP) is 4.08. The van der Waals surface area contributed by atoms with Crippen LogP contribution in [0, 0.1) is 10.1 Å².